The van der Waals surface area contributed by atoms with E-state index in [1.54, 1.807) is 4.90 Å². The summed E-state index contributed by atoms with van der Waals surface area (Å²) in [6.07, 6.45) is 4.35. The number of nitrogens with zero attached hydrogens (tertiary/aromatic N) is 2. The molecule has 0 N–H and O–H groups in total. The van der Waals surface area contributed by atoms with E-state index in [0.29, 0.717) is 39.3 Å². The second-order valence-electron chi connectivity index (χ2n) is 7.00. The number of carbonyl (C=O) groups excluding carboxylic acids is 1. The van der Waals surface area contributed by atoms with Crippen LogP contribution in [0.2, 0.25) is 0 Å². The van der Waals surface area contributed by atoms with Gasteiger partial charge in [-0.25, -0.2) is 4.79 Å². The van der Waals surface area contributed by atoms with Gasteiger partial charge in [0.2, 0.25) is 0 Å². The minimum atomic E-state index is -0.226. The topological polar surface area (TPSA) is 51.7 Å². The van der Waals surface area contributed by atoms with Crippen molar-refractivity contribution in [3.05, 3.63) is 71.1 Å². The van der Waals surface area contributed by atoms with E-state index in [4.69, 9.17) is 9.47 Å². The molecule has 1 fully saturated rings. The molecule has 28 heavy (non-hydrogen) atoms. The molecule has 1 saturated heterocycles. The van der Waals surface area contributed by atoms with Gasteiger partial charge in [0.25, 0.3) is 0 Å². The summed E-state index contributed by atoms with van der Waals surface area (Å²) in [5.74, 6) is 0. The first-order chi connectivity index (χ1) is 13.7. The van der Waals surface area contributed by atoms with Gasteiger partial charge in [-0.3, -0.25) is 4.98 Å². The molecule has 1 aliphatic rings. The monoisotopic (exact) mass is 380 g/mol. The van der Waals surface area contributed by atoms with Crippen LogP contribution in [-0.2, 0) is 16.1 Å². The Kier molecular flexibility index (Phi) is 7.62. The molecule has 0 aliphatic carbocycles. The fourth-order valence-electron chi connectivity index (χ4n) is 3.15. The van der Waals surface area contributed by atoms with Gasteiger partial charge in [0, 0.05) is 25.2 Å². The van der Waals surface area contributed by atoms with Crippen LogP contribution < -0.4 is 0 Å². The number of hydrogen-bond acceptors (Lipinski definition) is 4. The van der Waals surface area contributed by atoms with Gasteiger partial charge < -0.3 is 14.4 Å². The maximum absolute atomic E-state index is 12.2. The van der Waals surface area contributed by atoms with Crippen molar-refractivity contribution in [1.29, 1.82) is 0 Å². The van der Waals surface area contributed by atoms with Crippen molar-refractivity contribution in [3.8, 4) is 0 Å². The van der Waals surface area contributed by atoms with Crippen molar-refractivity contribution in [2.45, 2.75) is 32.8 Å². The predicted octanol–water partition coefficient (Wildman–Crippen LogP) is 4.61. The van der Waals surface area contributed by atoms with Crippen LogP contribution in [0.25, 0.3) is 6.08 Å². The highest BCUT2D eigenvalue weighted by atomic mass is 16.6. The second kappa shape index (κ2) is 10.6. The third kappa shape index (κ3) is 6.50. The lowest BCUT2D eigenvalue weighted by molar-refractivity contribution is 0.0741. The number of amides is 1. The average molecular weight is 380 g/mol. The summed E-state index contributed by atoms with van der Waals surface area (Å²) in [5.41, 5.74) is 4.48. The fraction of sp³-hybridized carbons (Fsp3) is 0.391. The zero-order valence-corrected chi connectivity index (χ0v) is 16.5. The molecule has 0 spiro atoms. The van der Waals surface area contributed by atoms with Crippen LogP contribution in [0.4, 0.5) is 4.79 Å². The summed E-state index contributed by atoms with van der Waals surface area (Å²) >= 11 is 0. The number of hydrogen-bond donors (Lipinski definition) is 0. The van der Waals surface area contributed by atoms with Gasteiger partial charge in [-0.05, 0) is 43.5 Å². The quantitative estimate of drug-likeness (QED) is 0.658. The highest BCUT2D eigenvalue weighted by molar-refractivity contribution is 5.68. The Labute approximate surface area is 167 Å². The number of aromatic nitrogens is 1. The average Bonchev–Trinajstić information content (AvgIpc) is 2.72. The number of aryl methyl sites for hydroxylation is 1. The smallest absolute Gasteiger partial charge is 0.409 e. The molecule has 0 unspecified atom stereocenters. The van der Waals surface area contributed by atoms with Crippen molar-refractivity contribution in [2.24, 2.45) is 0 Å². The number of rotatable bonds is 7. The third-order valence-electron chi connectivity index (χ3n) is 4.70. The van der Waals surface area contributed by atoms with E-state index >= 15 is 0 Å². The first kappa shape index (κ1) is 20.1. The summed E-state index contributed by atoms with van der Waals surface area (Å²) in [6.45, 7) is 4.94. The van der Waals surface area contributed by atoms with Gasteiger partial charge in [0.05, 0.1) is 25.5 Å². The largest absolute Gasteiger partial charge is 0.449 e. The van der Waals surface area contributed by atoms with Crippen LogP contribution in [0.3, 0.4) is 0 Å². The van der Waals surface area contributed by atoms with Gasteiger partial charge in [-0.1, -0.05) is 42.0 Å². The minimum absolute atomic E-state index is 0.226. The summed E-state index contributed by atoms with van der Waals surface area (Å²) in [4.78, 5) is 18.5. The maximum atomic E-state index is 12.2. The molecule has 0 bridgehead atoms. The van der Waals surface area contributed by atoms with Gasteiger partial charge >= 0.3 is 6.09 Å². The molecule has 1 aromatic heterocycles. The SMILES string of the molecule is Cc1cccc(C=C2CCN(C(=O)OCCCOCc3ccccc3)CC2)n1. The zero-order valence-electron chi connectivity index (χ0n) is 16.5. The highest BCUT2D eigenvalue weighted by Gasteiger charge is 2.20. The van der Waals surface area contributed by atoms with Crippen LogP contribution in [-0.4, -0.2) is 42.3 Å². The molecule has 2 aromatic rings. The normalized spacial score (nSPS) is 14.0. The summed E-state index contributed by atoms with van der Waals surface area (Å²) in [7, 11) is 0. The van der Waals surface area contributed by atoms with Crippen molar-refractivity contribution >= 4 is 12.2 Å². The maximum Gasteiger partial charge on any atom is 0.409 e. The first-order valence-corrected chi connectivity index (χ1v) is 9.87. The molecule has 5 nitrogen and oxygen atoms in total. The standard InChI is InChI=1S/C23H28N2O3/c1-19-7-5-10-22(24-19)17-20-11-13-25(14-12-20)23(26)28-16-6-15-27-18-21-8-3-2-4-9-21/h2-5,7-10,17H,6,11-16,18H2,1H3. The van der Waals surface area contributed by atoms with E-state index < -0.39 is 0 Å². The molecular formula is C23H28N2O3. The molecule has 1 aliphatic heterocycles. The Morgan fingerprint density at radius 1 is 1.07 bits per heavy atom. The Morgan fingerprint density at radius 2 is 1.86 bits per heavy atom. The van der Waals surface area contributed by atoms with Crippen LogP contribution in [0.15, 0.2) is 54.1 Å². The Hall–Kier alpha value is -2.66. The lowest BCUT2D eigenvalue weighted by atomic mass is 10.0. The Balaban J connectivity index is 1.30. The van der Waals surface area contributed by atoms with E-state index in [1.165, 1.54) is 5.57 Å². The number of likely N-dealkylation sites (tertiary alicyclic amines) is 1. The summed E-state index contributed by atoms with van der Waals surface area (Å²) < 4.78 is 11.0. The van der Waals surface area contributed by atoms with Gasteiger partial charge in [-0.15, -0.1) is 0 Å². The molecule has 1 amide bonds. The lowest BCUT2D eigenvalue weighted by Crippen LogP contribution is -2.37. The molecule has 148 valence electrons. The number of ether oxygens (including phenoxy) is 2. The molecule has 3 rings (SSSR count). The fourth-order valence-corrected chi connectivity index (χ4v) is 3.15. The number of piperidine rings is 1. The summed E-state index contributed by atoms with van der Waals surface area (Å²) in [6, 6.07) is 16.1. The third-order valence-corrected chi connectivity index (χ3v) is 4.70. The van der Waals surface area contributed by atoms with Crippen molar-refractivity contribution in [2.75, 3.05) is 26.3 Å². The van der Waals surface area contributed by atoms with Crippen LogP contribution in [0.1, 0.15) is 36.2 Å². The molecule has 0 radical (unpaired) electrons. The van der Waals surface area contributed by atoms with Crippen LogP contribution in [0.5, 0.6) is 0 Å². The molecule has 0 saturated carbocycles. The second-order valence-corrected chi connectivity index (χ2v) is 7.00. The Bertz CT molecular complexity index is 779. The van der Waals surface area contributed by atoms with E-state index in [2.05, 4.69) is 11.1 Å². The molecule has 5 heteroatoms. The van der Waals surface area contributed by atoms with E-state index in [9.17, 15) is 4.79 Å². The molecule has 2 heterocycles. The number of carbonyl (C=O) groups is 1. The number of benzene rings is 1. The van der Waals surface area contributed by atoms with E-state index in [1.807, 2.05) is 55.5 Å². The highest BCUT2D eigenvalue weighted by Crippen LogP contribution is 2.19. The lowest BCUT2D eigenvalue weighted by Gasteiger charge is -2.27. The summed E-state index contributed by atoms with van der Waals surface area (Å²) in [5, 5.41) is 0. The van der Waals surface area contributed by atoms with Gasteiger partial charge in [-0.2, -0.15) is 0 Å². The minimum Gasteiger partial charge on any atom is -0.449 e. The van der Waals surface area contributed by atoms with Crippen LogP contribution >= 0.6 is 0 Å². The predicted molar refractivity (Wildman–Crippen MR) is 110 cm³/mol. The molecule has 1 aromatic carbocycles. The first-order valence-electron chi connectivity index (χ1n) is 9.87. The van der Waals surface area contributed by atoms with E-state index in [-0.39, 0.29) is 6.09 Å². The van der Waals surface area contributed by atoms with Crippen LogP contribution in [0, 0.1) is 6.92 Å². The zero-order chi connectivity index (χ0) is 19.6. The number of pyridine rings is 1. The van der Waals surface area contributed by atoms with Crippen molar-refractivity contribution in [3.63, 3.8) is 0 Å². The molecule has 0 atom stereocenters. The Morgan fingerprint density at radius 3 is 2.61 bits per heavy atom. The van der Waals surface area contributed by atoms with Gasteiger partial charge in [0.15, 0.2) is 0 Å². The molecular weight excluding hydrogens is 352 g/mol. The van der Waals surface area contributed by atoms with E-state index in [0.717, 1.165) is 29.8 Å². The van der Waals surface area contributed by atoms with Crippen molar-refractivity contribution in [1.82, 2.24) is 9.88 Å². The van der Waals surface area contributed by atoms with Crippen molar-refractivity contribution < 1.29 is 14.3 Å². The van der Waals surface area contributed by atoms with Gasteiger partial charge in [0.1, 0.15) is 0 Å².